The molecule has 0 aliphatic carbocycles. The van der Waals surface area contributed by atoms with Gasteiger partial charge in [0.25, 0.3) is 0 Å². The van der Waals surface area contributed by atoms with E-state index in [2.05, 4.69) is 78.2 Å². The molecule has 6 aliphatic rings. The van der Waals surface area contributed by atoms with Gasteiger partial charge in [0.15, 0.2) is 5.82 Å². The van der Waals surface area contributed by atoms with Crippen molar-refractivity contribution in [2.24, 2.45) is 16.2 Å². The Morgan fingerprint density at radius 2 is 0.850 bits per heavy atom. The van der Waals surface area contributed by atoms with Crippen molar-refractivity contribution >= 4 is 102 Å². The summed E-state index contributed by atoms with van der Waals surface area (Å²) in [5.41, 5.74) is 9.29. The van der Waals surface area contributed by atoms with E-state index in [0.717, 1.165) is 92.0 Å². The van der Waals surface area contributed by atoms with E-state index in [1.807, 2.05) is 87.5 Å². The van der Waals surface area contributed by atoms with Crippen molar-refractivity contribution in [3.05, 3.63) is 257 Å². The van der Waals surface area contributed by atoms with E-state index in [4.69, 9.17) is 14.2 Å². The zero-order chi connectivity index (χ0) is 92.4. The average Bonchev–Trinajstić information content (AvgIpc) is 1.78. The summed E-state index contributed by atoms with van der Waals surface area (Å²) in [6, 6.07) is 52.7. The van der Waals surface area contributed by atoms with E-state index < -0.39 is 21.9 Å². The third kappa shape index (κ3) is 20.9. The summed E-state index contributed by atoms with van der Waals surface area (Å²) in [6.45, 7) is 7.56. The first-order valence-electron chi connectivity index (χ1n) is 44.7. The van der Waals surface area contributed by atoms with Gasteiger partial charge >= 0.3 is 0 Å². The summed E-state index contributed by atoms with van der Waals surface area (Å²) in [7, 11) is 4.74. The maximum atomic E-state index is 16.1. The number of hydrogen-bond acceptors (Lipinski definition) is 18. The molecule has 5 aromatic heterocycles. The first-order valence-corrected chi connectivity index (χ1v) is 45.6. The summed E-state index contributed by atoms with van der Waals surface area (Å²) < 4.78 is 86.6. The number of piperidine rings is 2. The molecule has 0 spiro atoms. The van der Waals surface area contributed by atoms with E-state index in [1.54, 1.807) is 122 Å². The summed E-state index contributed by atoms with van der Waals surface area (Å²) in [4.78, 5) is 101. The second kappa shape index (κ2) is 40.6. The van der Waals surface area contributed by atoms with Gasteiger partial charge in [-0.3, -0.25) is 58.8 Å². The van der Waals surface area contributed by atoms with Crippen molar-refractivity contribution in [2.45, 2.75) is 63.0 Å². The standard InChI is InChI=1S/C37H37F2N7O3.C33H33F2N5O3.C31H34FN5O3S/c1-49-24-36(35(48)42-29-11-12-31-30(21-29)33(44-43-31)25-5-9-28(38)10-6-25)13-18-45(23-36)22-32(47)46-19-14-37(39,15-20-46)27-7-3-26(4-8-27)34-40-16-2-17-41-34;1-43-21-33(32(42)36-27-9-10-29-28(18-27)31(38-37-29)23-5-7-25(34)8-6-23)13-16-39(20-33)19-30(41)40-14-11-22(12-15-40)24-3-2-4-26(35)17-24;1-40-20-31(11-14-36(19-31)17-28(38)37-12-8-21(9-13-37)23-10-15-41-18-23)30(39)33-25-6-7-27-26(16-25)29(35-34-27)22-2-4-24(32)5-3-22/h2-12,16-17,21H,13-15,18-20,22-24H2,1H3,(H,42,48)(H,43,44);2-11,17-18H,12-16,19-21H2,1H3,(H,36,42)(H,37,38);2-7,10,15-16,18,21H,8-9,11-14,17,19-20H2,1H3,(H,33,39)(H,34,35)/t36-;;/m1../s1. The molecule has 5 fully saturated rings. The van der Waals surface area contributed by atoms with E-state index in [-0.39, 0.29) is 104 Å². The predicted octanol–water partition coefficient (Wildman–Crippen LogP) is 15.8. The maximum Gasteiger partial charge on any atom is 0.237 e. The number of fused-ring (bicyclic) bond motifs is 3. The van der Waals surface area contributed by atoms with Crippen LogP contribution in [0.3, 0.4) is 0 Å². The van der Waals surface area contributed by atoms with Crippen LogP contribution in [0.15, 0.2) is 217 Å². The molecule has 6 aliphatic heterocycles. The third-order valence-corrected chi connectivity index (χ3v) is 27.4. The number of nitrogens with zero attached hydrogens (tertiary/aromatic N) is 11. The Hall–Kier alpha value is -13.1. The van der Waals surface area contributed by atoms with E-state index in [1.165, 1.54) is 54.1 Å². The molecule has 3 atom stereocenters. The number of aromatic nitrogens is 8. The first-order chi connectivity index (χ1) is 64.5. The number of benzene rings is 8. The number of thiophene rings is 1. The third-order valence-electron chi connectivity index (χ3n) is 26.7. The summed E-state index contributed by atoms with van der Waals surface area (Å²) in [5.74, 6) is -0.560. The van der Waals surface area contributed by atoms with Crippen LogP contribution in [0.5, 0.6) is 0 Å². The molecule has 11 heterocycles. The number of halogens is 5. The van der Waals surface area contributed by atoms with Crippen LogP contribution in [0.2, 0.25) is 0 Å². The highest BCUT2D eigenvalue weighted by molar-refractivity contribution is 7.08. The van der Waals surface area contributed by atoms with Gasteiger partial charge in [-0.2, -0.15) is 26.6 Å². The Labute approximate surface area is 769 Å². The highest BCUT2D eigenvalue weighted by atomic mass is 32.1. The molecule has 0 saturated carbocycles. The molecule has 133 heavy (non-hydrogen) atoms. The number of ether oxygens (including phenoxy) is 3. The number of likely N-dealkylation sites (tertiary alicyclic amines) is 5. The van der Waals surface area contributed by atoms with Crippen molar-refractivity contribution in [3.8, 4) is 45.2 Å². The van der Waals surface area contributed by atoms with Crippen molar-refractivity contribution in [1.29, 1.82) is 0 Å². The number of carbonyl (C=O) groups is 6. The Morgan fingerprint density at radius 3 is 1.24 bits per heavy atom. The highest BCUT2D eigenvalue weighted by Crippen LogP contribution is 2.43. The number of anilines is 3. The van der Waals surface area contributed by atoms with Crippen LogP contribution in [-0.4, -0.2) is 245 Å². The zero-order valence-electron chi connectivity index (χ0n) is 74.1. The highest BCUT2D eigenvalue weighted by Gasteiger charge is 2.49. The fourth-order valence-electron chi connectivity index (χ4n) is 19.2. The van der Waals surface area contributed by atoms with Gasteiger partial charge in [0.2, 0.25) is 35.4 Å². The monoisotopic (exact) mass is 1830 g/mol. The quantitative estimate of drug-likeness (QED) is 0.0290. The smallest absolute Gasteiger partial charge is 0.237 e. The van der Waals surface area contributed by atoms with Crippen LogP contribution in [0, 0.1) is 39.5 Å². The lowest BCUT2D eigenvalue weighted by molar-refractivity contribution is -0.136. The Bertz CT molecular complexity index is 6350. The molecule has 19 rings (SSSR count). The van der Waals surface area contributed by atoms with Gasteiger partial charge < -0.3 is 44.9 Å². The minimum Gasteiger partial charge on any atom is -0.384 e. The fourth-order valence-corrected chi connectivity index (χ4v) is 20.0. The molecule has 32 heteroatoms. The van der Waals surface area contributed by atoms with Crippen LogP contribution >= 0.6 is 11.3 Å². The fraction of sp³-hybridized carbons (Fsp3) is 0.337. The number of methoxy groups -OCH3 is 3. The molecule has 5 saturated heterocycles. The molecule has 2 unspecified atom stereocenters. The van der Waals surface area contributed by atoms with E-state index in [0.29, 0.717) is 149 Å². The normalized spacial score (nSPS) is 19.5. The molecular weight excluding hydrogens is 1720 g/mol. The minimum atomic E-state index is -1.52. The van der Waals surface area contributed by atoms with Crippen molar-refractivity contribution in [1.82, 2.24) is 70.0 Å². The number of H-pyrrole nitrogens is 3. The largest absolute Gasteiger partial charge is 0.384 e. The molecule has 13 aromatic rings. The van der Waals surface area contributed by atoms with Gasteiger partial charge in [-0.25, -0.2) is 31.9 Å². The molecule has 26 nitrogen and oxygen atoms in total. The zero-order valence-corrected chi connectivity index (χ0v) is 75.0. The molecule has 0 bridgehead atoms. The lowest BCUT2D eigenvalue weighted by Gasteiger charge is -2.37. The van der Waals surface area contributed by atoms with Gasteiger partial charge in [-0.15, -0.1) is 0 Å². The van der Waals surface area contributed by atoms with Crippen molar-refractivity contribution in [2.75, 3.05) is 155 Å². The second-order valence-electron chi connectivity index (χ2n) is 35.4. The average molecular weight is 1830 g/mol. The maximum absolute atomic E-state index is 16.1. The van der Waals surface area contributed by atoms with Crippen LogP contribution in [0.25, 0.3) is 83.4 Å². The van der Waals surface area contributed by atoms with Crippen LogP contribution < -0.4 is 16.0 Å². The Morgan fingerprint density at radius 1 is 0.436 bits per heavy atom. The minimum absolute atomic E-state index is 0.00176. The van der Waals surface area contributed by atoms with Crippen molar-refractivity contribution < 1.29 is 64.9 Å². The molecule has 6 amide bonds. The van der Waals surface area contributed by atoms with Crippen molar-refractivity contribution in [3.63, 3.8) is 0 Å². The Balaban J connectivity index is 0.000000140. The van der Waals surface area contributed by atoms with Crippen LogP contribution in [0.1, 0.15) is 74.0 Å². The first kappa shape index (κ1) is 91.8. The van der Waals surface area contributed by atoms with Gasteiger partial charge in [0.1, 0.15) is 28.9 Å². The number of nitrogens with one attached hydrogen (secondary N) is 6. The molecule has 8 aromatic carbocycles. The van der Waals surface area contributed by atoms with Gasteiger partial charge in [0, 0.05) is 161 Å². The molecule has 6 N–H and O–H groups in total. The van der Waals surface area contributed by atoms with Gasteiger partial charge in [-0.05, 0) is 249 Å². The lowest BCUT2D eigenvalue weighted by atomic mass is 9.85. The molecular formula is C101H104F5N17O9S. The van der Waals surface area contributed by atoms with E-state index >= 15 is 4.39 Å². The Kier molecular flexibility index (Phi) is 28.0. The predicted molar refractivity (Wildman–Crippen MR) is 501 cm³/mol. The summed E-state index contributed by atoms with van der Waals surface area (Å²) >= 11 is 1.72. The number of amides is 6. The number of aromatic amines is 3. The second-order valence-corrected chi connectivity index (χ2v) is 36.2. The van der Waals surface area contributed by atoms with Gasteiger partial charge in [-0.1, -0.05) is 42.5 Å². The SMILES string of the molecule is COCC1(C(=O)Nc2ccc3[nH]nc(-c4ccc(F)cc4)c3c2)CCN(CC(=O)N2CC=C(c3cccc(F)c3)CC2)C1.COCC1(C(=O)Nc2ccc3[nH]nc(-c4ccc(F)cc4)c3c2)CCN(CC(=O)N2CCC(c3ccsc3)CC2)C1.COC[C@@]1(C(=O)Nc2ccc3[nH]nc(-c4ccc(F)cc4)c3c2)CCN(CC(=O)N2CCC(F)(c3ccc(-c4ncccn4)cc3)CC2)C1. The summed E-state index contributed by atoms with van der Waals surface area (Å²) in [6.07, 6.45) is 10.1. The summed E-state index contributed by atoms with van der Waals surface area (Å²) in [5, 5.41) is 38.2. The number of carbonyl (C=O) groups excluding carboxylic acids is 6. The molecule has 688 valence electrons. The number of rotatable bonds is 25. The number of alkyl halides is 1. The molecule has 0 radical (unpaired) electrons. The van der Waals surface area contributed by atoms with Gasteiger partial charge in [0.05, 0.1) is 89.3 Å². The number of hydrogen-bond donors (Lipinski definition) is 6. The van der Waals surface area contributed by atoms with Crippen LogP contribution in [0.4, 0.5) is 39.0 Å². The topological polar surface area (TPSA) is 297 Å². The van der Waals surface area contributed by atoms with E-state index in [9.17, 15) is 46.3 Å². The van der Waals surface area contributed by atoms with Crippen LogP contribution in [-0.2, 0) is 48.6 Å². The lowest BCUT2D eigenvalue weighted by Crippen LogP contribution is -2.48.